The molecule has 0 bridgehead atoms. The van der Waals surface area contributed by atoms with E-state index < -0.39 is 11.4 Å². The zero-order valence-corrected chi connectivity index (χ0v) is 16.8. The maximum Gasteiger partial charge on any atom is 0.261 e. The van der Waals surface area contributed by atoms with Crippen molar-refractivity contribution in [3.8, 4) is 0 Å². The number of carbonyl (C=O) groups is 2. The molecule has 0 radical (unpaired) electrons. The van der Waals surface area contributed by atoms with Gasteiger partial charge in [0.25, 0.3) is 5.56 Å². The van der Waals surface area contributed by atoms with Crippen molar-refractivity contribution >= 4 is 28.4 Å². The number of rotatable bonds is 7. The molecule has 8 heteroatoms. The second kappa shape index (κ2) is 9.30. The predicted molar refractivity (Wildman–Crippen MR) is 112 cm³/mol. The number of carbonyl (C=O) groups excluding carboxylic acids is 2. The summed E-state index contributed by atoms with van der Waals surface area (Å²) in [6, 6.07) is 10.9. The standard InChI is InChI=1S/C22H23FN4O3/c1-3-14(2)21(29)26-17-6-4-5-15(9-17)11-24-20(28)12-27-13-25-19-8-7-16(23)10-18(19)22(27)30/h4-10,13-14H,3,11-12H2,1-2H3,(H,24,28)(H,26,29). The molecule has 30 heavy (non-hydrogen) atoms. The van der Waals surface area contributed by atoms with Crippen molar-refractivity contribution in [2.45, 2.75) is 33.4 Å². The maximum absolute atomic E-state index is 13.4. The molecule has 156 valence electrons. The highest BCUT2D eigenvalue weighted by atomic mass is 19.1. The highest BCUT2D eigenvalue weighted by Crippen LogP contribution is 2.13. The Morgan fingerprint density at radius 1 is 1.20 bits per heavy atom. The van der Waals surface area contributed by atoms with E-state index in [-0.39, 0.29) is 36.2 Å². The van der Waals surface area contributed by atoms with Gasteiger partial charge in [0.1, 0.15) is 12.4 Å². The van der Waals surface area contributed by atoms with Gasteiger partial charge in [-0.2, -0.15) is 0 Å². The summed E-state index contributed by atoms with van der Waals surface area (Å²) in [5.74, 6) is -1.07. The smallest absolute Gasteiger partial charge is 0.261 e. The number of anilines is 1. The van der Waals surface area contributed by atoms with Crippen molar-refractivity contribution in [2.75, 3.05) is 5.32 Å². The first-order valence-corrected chi connectivity index (χ1v) is 9.68. The molecule has 0 spiro atoms. The number of aromatic nitrogens is 2. The number of hydrogen-bond acceptors (Lipinski definition) is 4. The Morgan fingerprint density at radius 3 is 2.77 bits per heavy atom. The summed E-state index contributed by atoms with van der Waals surface area (Å²) >= 11 is 0. The number of halogens is 1. The van der Waals surface area contributed by atoms with Crippen molar-refractivity contribution in [3.63, 3.8) is 0 Å². The predicted octanol–water partition coefficient (Wildman–Crippen LogP) is 2.84. The van der Waals surface area contributed by atoms with Crippen LogP contribution in [0.2, 0.25) is 0 Å². The molecule has 1 atom stereocenters. The topological polar surface area (TPSA) is 93.1 Å². The lowest BCUT2D eigenvalue weighted by molar-refractivity contribution is -0.122. The fourth-order valence-electron chi connectivity index (χ4n) is 2.86. The van der Waals surface area contributed by atoms with E-state index in [2.05, 4.69) is 15.6 Å². The third kappa shape index (κ3) is 5.08. The average Bonchev–Trinajstić information content (AvgIpc) is 2.74. The largest absolute Gasteiger partial charge is 0.350 e. The molecule has 3 aromatic rings. The molecule has 0 aliphatic carbocycles. The van der Waals surface area contributed by atoms with Crippen molar-refractivity contribution in [1.82, 2.24) is 14.9 Å². The van der Waals surface area contributed by atoms with Gasteiger partial charge in [-0.15, -0.1) is 0 Å². The fraction of sp³-hybridized carbons (Fsp3) is 0.273. The zero-order chi connectivity index (χ0) is 21.7. The summed E-state index contributed by atoms with van der Waals surface area (Å²) in [7, 11) is 0. The first-order chi connectivity index (χ1) is 14.4. The Labute approximate surface area is 172 Å². The van der Waals surface area contributed by atoms with Crippen LogP contribution in [0, 0.1) is 11.7 Å². The monoisotopic (exact) mass is 410 g/mol. The maximum atomic E-state index is 13.4. The number of fused-ring (bicyclic) bond motifs is 1. The van der Waals surface area contributed by atoms with E-state index in [9.17, 15) is 18.8 Å². The molecule has 0 saturated heterocycles. The van der Waals surface area contributed by atoms with Crippen molar-refractivity contribution in [3.05, 3.63) is 70.5 Å². The minimum absolute atomic E-state index is 0.0571. The quantitative estimate of drug-likeness (QED) is 0.626. The molecule has 0 fully saturated rings. The number of benzene rings is 2. The van der Waals surface area contributed by atoms with Gasteiger partial charge < -0.3 is 10.6 Å². The summed E-state index contributed by atoms with van der Waals surface area (Å²) in [6.07, 6.45) is 2.02. The van der Waals surface area contributed by atoms with Crippen LogP contribution in [0.25, 0.3) is 10.9 Å². The van der Waals surface area contributed by atoms with E-state index in [1.165, 1.54) is 18.5 Å². The second-order valence-corrected chi connectivity index (χ2v) is 7.11. The number of amides is 2. The molecule has 0 aliphatic heterocycles. The molecule has 0 saturated carbocycles. The van der Waals surface area contributed by atoms with Crippen LogP contribution in [0.1, 0.15) is 25.8 Å². The van der Waals surface area contributed by atoms with Crippen LogP contribution in [-0.2, 0) is 22.7 Å². The Hall–Kier alpha value is -3.55. The van der Waals surface area contributed by atoms with Crippen LogP contribution in [0.15, 0.2) is 53.6 Å². The van der Waals surface area contributed by atoms with Crippen LogP contribution in [0.5, 0.6) is 0 Å². The van der Waals surface area contributed by atoms with Crippen molar-refractivity contribution in [2.24, 2.45) is 5.92 Å². The third-order valence-electron chi connectivity index (χ3n) is 4.84. The van der Waals surface area contributed by atoms with Gasteiger partial charge in [-0.3, -0.25) is 19.0 Å². The van der Waals surface area contributed by atoms with Gasteiger partial charge in [0.15, 0.2) is 0 Å². The SMILES string of the molecule is CCC(C)C(=O)Nc1cccc(CNC(=O)Cn2cnc3ccc(F)cc3c2=O)c1. The minimum atomic E-state index is -0.538. The lowest BCUT2D eigenvalue weighted by atomic mass is 10.1. The molecule has 0 aliphatic rings. The third-order valence-corrected chi connectivity index (χ3v) is 4.84. The van der Waals surface area contributed by atoms with Crippen LogP contribution in [0.4, 0.5) is 10.1 Å². The van der Waals surface area contributed by atoms with E-state index in [4.69, 9.17) is 0 Å². The average molecular weight is 410 g/mol. The highest BCUT2D eigenvalue weighted by molar-refractivity contribution is 5.92. The van der Waals surface area contributed by atoms with Gasteiger partial charge in [0.2, 0.25) is 11.8 Å². The summed E-state index contributed by atoms with van der Waals surface area (Å²) < 4.78 is 14.6. The Bertz CT molecular complexity index is 1140. The van der Waals surface area contributed by atoms with Gasteiger partial charge in [0, 0.05) is 18.2 Å². The van der Waals surface area contributed by atoms with E-state index in [0.29, 0.717) is 11.2 Å². The zero-order valence-electron chi connectivity index (χ0n) is 16.8. The lowest BCUT2D eigenvalue weighted by Gasteiger charge is -2.12. The normalized spacial score (nSPS) is 11.8. The van der Waals surface area contributed by atoms with Crippen molar-refractivity contribution in [1.29, 1.82) is 0 Å². The summed E-state index contributed by atoms with van der Waals surface area (Å²) in [4.78, 5) is 40.9. The van der Waals surface area contributed by atoms with Gasteiger partial charge in [0.05, 0.1) is 17.2 Å². The van der Waals surface area contributed by atoms with Crippen LogP contribution in [-0.4, -0.2) is 21.4 Å². The van der Waals surface area contributed by atoms with Crippen LogP contribution >= 0.6 is 0 Å². The van der Waals surface area contributed by atoms with Gasteiger partial charge in [-0.05, 0) is 42.3 Å². The number of nitrogens with one attached hydrogen (secondary N) is 2. The van der Waals surface area contributed by atoms with E-state index in [0.717, 1.165) is 22.6 Å². The first kappa shape index (κ1) is 21.2. The van der Waals surface area contributed by atoms with Crippen molar-refractivity contribution < 1.29 is 14.0 Å². The summed E-state index contributed by atoms with van der Waals surface area (Å²) in [5, 5.41) is 5.71. The van der Waals surface area contributed by atoms with E-state index in [1.807, 2.05) is 19.9 Å². The minimum Gasteiger partial charge on any atom is -0.350 e. The molecular weight excluding hydrogens is 387 g/mol. The molecular formula is C22H23FN4O3. The molecule has 1 heterocycles. The molecule has 1 aromatic heterocycles. The Morgan fingerprint density at radius 2 is 2.00 bits per heavy atom. The Kier molecular flexibility index (Phi) is 6.56. The number of hydrogen-bond donors (Lipinski definition) is 2. The van der Waals surface area contributed by atoms with Crippen LogP contribution in [0.3, 0.4) is 0 Å². The molecule has 7 nitrogen and oxygen atoms in total. The first-order valence-electron chi connectivity index (χ1n) is 9.68. The van der Waals surface area contributed by atoms with Gasteiger partial charge >= 0.3 is 0 Å². The summed E-state index contributed by atoms with van der Waals surface area (Å²) in [6.45, 7) is 3.81. The second-order valence-electron chi connectivity index (χ2n) is 7.11. The summed E-state index contributed by atoms with van der Waals surface area (Å²) in [5.41, 5.74) is 1.35. The number of nitrogens with zero attached hydrogens (tertiary/aromatic N) is 2. The molecule has 2 N–H and O–H groups in total. The van der Waals surface area contributed by atoms with Crippen LogP contribution < -0.4 is 16.2 Å². The molecule has 2 amide bonds. The Balaban J connectivity index is 1.63. The highest BCUT2D eigenvalue weighted by Gasteiger charge is 2.11. The molecule has 1 unspecified atom stereocenters. The van der Waals surface area contributed by atoms with Gasteiger partial charge in [-0.25, -0.2) is 9.37 Å². The fourth-order valence-corrected chi connectivity index (χ4v) is 2.86. The van der Waals surface area contributed by atoms with E-state index in [1.54, 1.807) is 18.2 Å². The molecule has 2 aromatic carbocycles. The van der Waals surface area contributed by atoms with E-state index >= 15 is 0 Å². The van der Waals surface area contributed by atoms with Gasteiger partial charge in [-0.1, -0.05) is 26.0 Å². The molecule has 3 rings (SSSR count). The lowest BCUT2D eigenvalue weighted by Crippen LogP contribution is -2.32.